The minimum absolute atomic E-state index is 0.204. The Hall–Kier alpha value is -3.13. The summed E-state index contributed by atoms with van der Waals surface area (Å²) in [6.07, 6.45) is 0.284. The first-order valence-electron chi connectivity index (χ1n) is 8.40. The van der Waals surface area contributed by atoms with Crippen molar-refractivity contribution in [3.63, 3.8) is 0 Å². The Bertz CT molecular complexity index is 1040. The number of hydrogen-bond acceptors (Lipinski definition) is 2. The molecule has 2 heteroatoms. The van der Waals surface area contributed by atoms with Crippen LogP contribution >= 0.6 is 0 Å². The second-order valence-electron chi connectivity index (χ2n) is 6.11. The molecular formula is C23H18O2. The zero-order chi connectivity index (χ0) is 17.1. The predicted octanol–water partition coefficient (Wildman–Crippen LogP) is 5.28. The molecule has 25 heavy (non-hydrogen) atoms. The van der Waals surface area contributed by atoms with Gasteiger partial charge in [-0.2, -0.15) is 0 Å². The molecule has 0 aliphatic heterocycles. The Labute approximate surface area is 146 Å². The Morgan fingerprint density at radius 1 is 0.640 bits per heavy atom. The maximum absolute atomic E-state index is 12.3. The van der Waals surface area contributed by atoms with Crippen LogP contribution in [-0.2, 0) is 22.6 Å². The second kappa shape index (κ2) is 6.78. The highest BCUT2D eigenvalue weighted by molar-refractivity contribution is 5.89. The van der Waals surface area contributed by atoms with Gasteiger partial charge in [-0.05, 0) is 32.7 Å². The van der Waals surface area contributed by atoms with Gasteiger partial charge in [-0.25, -0.2) is 0 Å². The first kappa shape index (κ1) is 15.4. The van der Waals surface area contributed by atoms with Gasteiger partial charge in [0.1, 0.15) is 6.61 Å². The Morgan fingerprint density at radius 2 is 1.16 bits per heavy atom. The van der Waals surface area contributed by atoms with E-state index in [1.807, 2.05) is 54.6 Å². The van der Waals surface area contributed by atoms with Gasteiger partial charge < -0.3 is 4.74 Å². The average molecular weight is 326 g/mol. The third-order valence-electron chi connectivity index (χ3n) is 4.48. The summed E-state index contributed by atoms with van der Waals surface area (Å²) in [5, 5.41) is 4.53. The summed E-state index contributed by atoms with van der Waals surface area (Å²) in [6, 6.07) is 28.3. The van der Waals surface area contributed by atoms with E-state index >= 15 is 0 Å². The smallest absolute Gasteiger partial charge is 0.310 e. The van der Waals surface area contributed by atoms with Crippen LogP contribution in [0.3, 0.4) is 0 Å². The van der Waals surface area contributed by atoms with E-state index in [0.29, 0.717) is 6.61 Å². The molecule has 0 aliphatic carbocycles. The molecule has 2 nitrogen and oxygen atoms in total. The van der Waals surface area contributed by atoms with Crippen molar-refractivity contribution in [3.8, 4) is 0 Å². The van der Waals surface area contributed by atoms with Crippen LogP contribution in [-0.4, -0.2) is 5.97 Å². The molecule has 0 amide bonds. The monoisotopic (exact) mass is 326 g/mol. The molecule has 4 aromatic rings. The molecule has 0 atom stereocenters. The van der Waals surface area contributed by atoms with Gasteiger partial charge in [0.15, 0.2) is 0 Å². The largest absolute Gasteiger partial charge is 0.461 e. The summed E-state index contributed by atoms with van der Waals surface area (Å²) < 4.78 is 5.55. The summed E-state index contributed by atoms with van der Waals surface area (Å²) in [4.78, 5) is 12.3. The fourth-order valence-electron chi connectivity index (χ4n) is 3.23. The molecule has 122 valence electrons. The van der Waals surface area contributed by atoms with Crippen LogP contribution in [0, 0.1) is 0 Å². The SMILES string of the molecule is O=C(Cc1cccc2ccccc12)OCc1cccc2ccccc12. The van der Waals surface area contributed by atoms with Gasteiger partial charge >= 0.3 is 5.97 Å². The molecule has 0 aromatic heterocycles. The number of fused-ring (bicyclic) bond motifs is 2. The van der Waals surface area contributed by atoms with Crippen molar-refractivity contribution in [1.82, 2.24) is 0 Å². The molecule has 0 fully saturated rings. The molecule has 0 spiro atoms. The van der Waals surface area contributed by atoms with Gasteiger partial charge in [0.25, 0.3) is 0 Å². The number of ether oxygens (including phenoxy) is 1. The lowest BCUT2D eigenvalue weighted by Gasteiger charge is -2.09. The number of esters is 1. The summed E-state index contributed by atoms with van der Waals surface area (Å²) in [5.41, 5.74) is 2.03. The Kier molecular flexibility index (Phi) is 4.17. The molecule has 4 aromatic carbocycles. The third-order valence-corrected chi connectivity index (χ3v) is 4.48. The maximum atomic E-state index is 12.3. The lowest BCUT2D eigenvalue weighted by molar-refractivity contribution is -0.144. The summed E-state index contributed by atoms with van der Waals surface area (Å²) in [6.45, 7) is 0.297. The summed E-state index contributed by atoms with van der Waals surface area (Å²) in [7, 11) is 0. The normalized spacial score (nSPS) is 10.9. The van der Waals surface area contributed by atoms with Crippen LogP contribution in [0.2, 0.25) is 0 Å². The number of hydrogen-bond donors (Lipinski definition) is 0. The third kappa shape index (κ3) is 3.24. The van der Waals surface area contributed by atoms with Crippen molar-refractivity contribution in [2.24, 2.45) is 0 Å². The van der Waals surface area contributed by atoms with E-state index in [4.69, 9.17) is 4.74 Å². The fraction of sp³-hybridized carbons (Fsp3) is 0.0870. The lowest BCUT2D eigenvalue weighted by atomic mass is 10.0. The van der Waals surface area contributed by atoms with E-state index in [-0.39, 0.29) is 12.4 Å². The van der Waals surface area contributed by atoms with Crippen molar-refractivity contribution < 1.29 is 9.53 Å². The first-order valence-corrected chi connectivity index (χ1v) is 8.40. The number of carbonyl (C=O) groups is 1. The van der Waals surface area contributed by atoms with Crippen LogP contribution in [0.15, 0.2) is 84.9 Å². The standard InChI is InChI=1S/C23H18O2/c24-23(15-19-11-5-9-17-7-1-3-13-21(17)19)25-16-20-12-6-10-18-8-2-4-14-22(18)20/h1-14H,15-16H2. The molecule has 0 heterocycles. The lowest BCUT2D eigenvalue weighted by Crippen LogP contribution is -2.08. The summed E-state index contributed by atoms with van der Waals surface area (Å²) >= 11 is 0. The Balaban J connectivity index is 1.50. The van der Waals surface area contributed by atoms with Crippen molar-refractivity contribution >= 4 is 27.5 Å². The van der Waals surface area contributed by atoms with E-state index in [1.165, 1.54) is 0 Å². The van der Waals surface area contributed by atoms with E-state index in [9.17, 15) is 4.79 Å². The molecule has 0 saturated carbocycles. The molecule has 0 N–H and O–H groups in total. The number of benzene rings is 4. The van der Waals surface area contributed by atoms with Crippen molar-refractivity contribution in [3.05, 3.63) is 96.1 Å². The van der Waals surface area contributed by atoms with E-state index in [0.717, 1.165) is 32.7 Å². The Morgan fingerprint density at radius 3 is 1.84 bits per heavy atom. The zero-order valence-electron chi connectivity index (χ0n) is 13.8. The molecular weight excluding hydrogens is 308 g/mol. The van der Waals surface area contributed by atoms with Gasteiger partial charge in [0.05, 0.1) is 6.42 Å². The van der Waals surface area contributed by atoms with E-state index in [1.54, 1.807) is 0 Å². The molecule has 0 radical (unpaired) electrons. The maximum Gasteiger partial charge on any atom is 0.310 e. The van der Waals surface area contributed by atoms with Crippen molar-refractivity contribution in [2.45, 2.75) is 13.0 Å². The van der Waals surface area contributed by atoms with Gasteiger partial charge in [-0.15, -0.1) is 0 Å². The van der Waals surface area contributed by atoms with E-state index in [2.05, 4.69) is 30.3 Å². The van der Waals surface area contributed by atoms with Gasteiger partial charge in [0, 0.05) is 0 Å². The van der Waals surface area contributed by atoms with Gasteiger partial charge in [0.2, 0.25) is 0 Å². The van der Waals surface area contributed by atoms with Crippen molar-refractivity contribution in [2.75, 3.05) is 0 Å². The highest BCUT2D eigenvalue weighted by Gasteiger charge is 2.09. The minimum Gasteiger partial charge on any atom is -0.461 e. The van der Waals surface area contributed by atoms with Crippen LogP contribution in [0.25, 0.3) is 21.5 Å². The predicted molar refractivity (Wildman–Crippen MR) is 101 cm³/mol. The van der Waals surface area contributed by atoms with Crippen LogP contribution in [0.4, 0.5) is 0 Å². The topological polar surface area (TPSA) is 26.3 Å². The average Bonchev–Trinajstić information content (AvgIpc) is 2.66. The summed E-state index contributed by atoms with van der Waals surface area (Å²) in [5.74, 6) is -0.204. The minimum atomic E-state index is -0.204. The van der Waals surface area contributed by atoms with Crippen LogP contribution < -0.4 is 0 Å². The van der Waals surface area contributed by atoms with Gasteiger partial charge in [-0.3, -0.25) is 4.79 Å². The quantitative estimate of drug-likeness (QED) is 0.477. The number of rotatable bonds is 4. The van der Waals surface area contributed by atoms with E-state index < -0.39 is 0 Å². The molecule has 0 bridgehead atoms. The zero-order valence-corrected chi connectivity index (χ0v) is 13.8. The highest BCUT2D eigenvalue weighted by atomic mass is 16.5. The van der Waals surface area contributed by atoms with Gasteiger partial charge in [-0.1, -0.05) is 84.9 Å². The molecule has 0 unspecified atom stereocenters. The fourth-order valence-corrected chi connectivity index (χ4v) is 3.23. The molecule has 0 saturated heterocycles. The second-order valence-corrected chi connectivity index (χ2v) is 6.11. The molecule has 0 aliphatic rings. The first-order chi connectivity index (χ1) is 12.3. The highest BCUT2D eigenvalue weighted by Crippen LogP contribution is 2.21. The van der Waals surface area contributed by atoms with Crippen LogP contribution in [0.1, 0.15) is 11.1 Å². The molecule has 4 rings (SSSR count). The van der Waals surface area contributed by atoms with Crippen LogP contribution in [0.5, 0.6) is 0 Å². The van der Waals surface area contributed by atoms with Crippen molar-refractivity contribution in [1.29, 1.82) is 0 Å². The number of carbonyl (C=O) groups excluding carboxylic acids is 1.